The van der Waals surface area contributed by atoms with Gasteiger partial charge in [0.15, 0.2) is 0 Å². The molecule has 148 valence electrons. The van der Waals surface area contributed by atoms with Crippen LogP contribution in [0.15, 0.2) is 24.3 Å². The number of rotatable bonds is 8. The highest BCUT2D eigenvalue weighted by Gasteiger charge is 2.15. The van der Waals surface area contributed by atoms with Crippen LogP contribution >= 0.6 is 12.4 Å². The van der Waals surface area contributed by atoms with Crippen LogP contribution in [0.4, 0.5) is 5.69 Å². The van der Waals surface area contributed by atoms with Crippen LogP contribution in [-0.4, -0.2) is 39.2 Å². The van der Waals surface area contributed by atoms with Gasteiger partial charge in [0.05, 0.1) is 17.0 Å². The predicted octanol–water partition coefficient (Wildman–Crippen LogP) is 2.91. The Morgan fingerprint density at radius 3 is 2.38 bits per heavy atom. The van der Waals surface area contributed by atoms with Gasteiger partial charge in [-0.1, -0.05) is 37.8 Å². The Morgan fingerprint density at radius 2 is 1.73 bits per heavy atom. The van der Waals surface area contributed by atoms with Gasteiger partial charge in [0.1, 0.15) is 0 Å². The lowest BCUT2D eigenvalue weighted by molar-refractivity contribution is 0.0954. The summed E-state index contributed by atoms with van der Waals surface area (Å²) in [7, 11) is -3.41. The molecule has 1 amide bonds. The number of hydrogen-bond donors (Lipinski definition) is 3. The largest absolute Gasteiger partial charge is 0.351 e. The van der Waals surface area contributed by atoms with Crippen molar-refractivity contribution in [3.05, 3.63) is 29.8 Å². The molecule has 1 fully saturated rings. The smallest absolute Gasteiger partial charge is 0.253 e. The molecule has 1 saturated carbocycles. The van der Waals surface area contributed by atoms with Gasteiger partial charge >= 0.3 is 0 Å². The van der Waals surface area contributed by atoms with E-state index in [1.54, 1.807) is 31.2 Å². The summed E-state index contributed by atoms with van der Waals surface area (Å²) in [6.45, 7) is 2.80. The van der Waals surface area contributed by atoms with Crippen molar-refractivity contribution in [3.63, 3.8) is 0 Å². The second-order valence-corrected chi connectivity index (χ2v) is 8.46. The Balaban J connectivity index is 0.00000338. The Kier molecular flexibility index (Phi) is 9.98. The molecular formula is C18H30ClN3O3S. The van der Waals surface area contributed by atoms with Gasteiger partial charge in [0.25, 0.3) is 5.91 Å². The molecule has 8 heteroatoms. The van der Waals surface area contributed by atoms with Gasteiger partial charge in [0, 0.05) is 19.1 Å². The summed E-state index contributed by atoms with van der Waals surface area (Å²) in [5, 5.41) is 6.37. The lowest BCUT2D eigenvalue weighted by Crippen LogP contribution is -2.37. The molecule has 3 N–H and O–H groups in total. The summed E-state index contributed by atoms with van der Waals surface area (Å²) < 4.78 is 26.0. The van der Waals surface area contributed by atoms with Gasteiger partial charge in [-0.2, -0.15) is 0 Å². The second-order valence-electron chi connectivity index (χ2n) is 6.45. The van der Waals surface area contributed by atoms with Gasteiger partial charge in [-0.15, -0.1) is 12.4 Å². The van der Waals surface area contributed by atoms with Crippen molar-refractivity contribution in [2.24, 2.45) is 0 Å². The lowest BCUT2D eigenvalue weighted by Gasteiger charge is -2.16. The van der Waals surface area contributed by atoms with Crippen molar-refractivity contribution in [1.29, 1.82) is 0 Å². The van der Waals surface area contributed by atoms with Crippen LogP contribution < -0.4 is 15.4 Å². The zero-order valence-corrected chi connectivity index (χ0v) is 16.9. The van der Waals surface area contributed by atoms with E-state index in [1.807, 2.05) is 0 Å². The number of anilines is 1. The van der Waals surface area contributed by atoms with Crippen LogP contribution in [-0.2, 0) is 10.0 Å². The first kappa shape index (κ1) is 22.7. The zero-order chi connectivity index (χ0) is 18.1. The molecule has 26 heavy (non-hydrogen) atoms. The third-order valence-electron chi connectivity index (χ3n) is 4.52. The van der Waals surface area contributed by atoms with Crippen molar-refractivity contribution >= 4 is 34.0 Å². The van der Waals surface area contributed by atoms with Crippen LogP contribution in [0.2, 0.25) is 0 Å². The molecule has 1 aromatic rings. The summed E-state index contributed by atoms with van der Waals surface area (Å²) in [4.78, 5) is 12.4. The zero-order valence-electron chi connectivity index (χ0n) is 15.3. The SMILES string of the molecule is CCS(=O)(=O)Nc1ccccc1C(=O)NCCNC1CCCCCC1.Cl. The fourth-order valence-electron chi connectivity index (χ4n) is 3.04. The van der Waals surface area contributed by atoms with Crippen LogP contribution in [0, 0.1) is 0 Å². The Morgan fingerprint density at radius 1 is 1.08 bits per heavy atom. The molecule has 0 saturated heterocycles. The minimum atomic E-state index is -3.41. The third-order valence-corrected chi connectivity index (χ3v) is 5.81. The van der Waals surface area contributed by atoms with Crippen LogP contribution in [0.5, 0.6) is 0 Å². The molecule has 1 aromatic carbocycles. The van der Waals surface area contributed by atoms with Crippen LogP contribution in [0.3, 0.4) is 0 Å². The monoisotopic (exact) mass is 403 g/mol. The van der Waals surface area contributed by atoms with Gasteiger partial charge < -0.3 is 10.6 Å². The summed E-state index contributed by atoms with van der Waals surface area (Å²) >= 11 is 0. The summed E-state index contributed by atoms with van der Waals surface area (Å²) in [6, 6.07) is 7.21. The topological polar surface area (TPSA) is 87.3 Å². The second kappa shape index (κ2) is 11.4. The molecule has 0 aromatic heterocycles. The van der Waals surface area contributed by atoms with Crippen molar-refractivity contribution in [2.75, 3.05) is 23.6 Å². The van der Waals surface area contributed by atoms with Gasteiger partial charge in [-0.25, -0.2) is 8.42 Å². The lowest BCUT2D eigenvalue weighted by atomic mass is 10.1. The number of benzene rings is 1. The van der Waals surface area contributed by atoms with E-state index in [4.69, 9.17) is 0 Å². The molecule has 1 aliphatic carbocycles. The number of sulfonamides is 1. The van der Waals surface area contributed by atoms with Gasteiger partial charge in [0.2, 0.25) is 10.0 Å². The molecule has 0 aliphatic heterocycles. The van der Waals surface area contributed by atoms with Crippen molar-refractivity contribution < 1.29 is 13.2 Å². The number of carbonyl (C=O) groups is 1. The van der Waals surface area contributed by atoms with Crippen molar-refractivity contribution in [2.45, 2.75) is 51.5 Å². The highest BCUT2D eigenvalue weighted by molar-refractivity contribution is 7.92. The molecule has 0 unspecified atom stereocenters. The third kappa shape index (κ3) is 7.51. The van der Waals surface area contributed by atoms with E-state index in [0.717, 1.165) is 6.54 Å². The molecule has 6 nitrogen and oxygen atoms in total. The average molecular weight is 404 g/mol. The Hall–Kier alpha value is -1.31. The standard InChI is InChI=1S/C18H29N3O3S.ClH/c1-2-25(23,24)21-17-12-8-7-11-16(17)18(22)20-14-13-19-15-9-5-3-4-6-10-15;/h7-8,11-12,15,19,21H,2-6,9-10,13-14H2,1H3,(H,20,22);1H. The summed E-state index contributed by atoms with van der Waals surface area (Å²) in [5.41, 5.74) is 0.660. The molecule has 2 rings (SSSR count). The quantitative estimate of drug-likeness (QED) is 0.460. The van der Waals surface area contributed by atoms with Crippen molar-refractivity contribution in [1.82, 2.24) is 10.6 Å². The summed E-state index contributed by atoms with van der Waals surface area (Å²) in [5.74, 6) is -0.300. The van der Waals surface area contributed by atoms with E-state index >= 15 is 0 Å². The maximum absolute atomic E-state index is 12.4. The molecular weight excluding hydrogens is 374 g/mol. The molecule has 0 spiro atoms. The van der Waals surface area contributed by atoms with Gasteiger partial charge in [-0.05, 0) is 31.9 Å². The number of para-hydroxylation sites is 1. The van der Waals surface area contributed by atoms with E-state index in [0.29, 0.717) is 23.8 Å². The molecule has 0 atom stereocenters. The average Bonchev–Trinajstić information content (AvgIpc) is 2.87. The van der Waals surface area contributed by atoms with E-state index in [-0.39, 0.29) is 24.1 Å². The highest BCUT2D eigenvalue weighted by atomic mass is 35.5. The highest BCUT2D eigenvalue weighted by Crippen LogP contribution is 2.17. The van der Waals surface area contributed by atoms with Crippen molar-refractivity contribution in [3.8, 4) is 0 Å². The number of hydrogen-bond acceptors (Lipinski definition) is 4. The fraction of sp³-hybridized carbons (Fsp3) is 0.611. The number of nitrogens with one attached hydrogen (secondary N) is 3. The Bertz CT molecular complexity index is 659. The first-order chi connectivity index (χ1) is 12.0. The molecule has 0 heterocycles. The minimum absolute atomic E-state index is 0. The van der Waals surface area contributed by atoms with Crippen LogP contribution in [0.25, 0.3) is 0 Å². The van der Waals surface area contributed by atoms with E-state index < -0.39 is 10.0 Å². The number of amides is 1. The normalized spacial score (nSPS) is 15.6. The van der Waals surface area contributed by atoms with E-state index in [1.165, 1.54) is 38.5 Å². The number of carbonyl (C=O) groups excluding carboxylic acids is 1. The van der Waals surface area contributed by atoms with Gasteiger partial charge in [-0.3, -0.25) is 9.52 Å². The Labute approximate surface area is 163 Å². The maximum Gasteiger partial charge on any atom is 0.253 e. The predicted molar refractivity (Wildman–Crippen MR) is 109 cm³/mol. The molecule has 1 aliphatic rings. The first-order valence-electron chi connectivity index (χ1n) is 9.13. The molecule has 0 bridgehead atoms. The minimum Gasteiger partial charge on any atom is -0.351 e. The van der Waals surface area contributed by atoms with Crippen LogP contribution in [0.1, 0.15) is 55.8 Å². The van der Waals surface area contributed by atoms with E-state index in [2.05, 4.69) is 15.4 Å². The molecule has 0 radical (unpaired) electrons. The first-order valence-corrected chi connectivity index (χ1v) is 10.8. The maximum atomic E-state index is 12.4. The number of halogens is 1. The summed E-state index contributed by atoms with van der Waals surface area (Å²) in [6.07, 6.45) is 7.59. The fourth-order valence-corrected chi connectivity index (χ4v) is 3.70. The van der Waals surface area contributed by atoms with E-state index in [9.17, 15) is 13.2 Å².